The second-order valence-corrected chi connectivity index (χ2v) is 3.91. The van der Waals surface area contributed by atoms with Crippen LogP contribution in [0.2, 0.25) is 0 Å². The van der Waals surface area contributed by atoms with E-state index >= 15 is 0 Å². The Kier molecular flexibility index (Phi) is 4.92. The standard InChI is InChI=1S/C12H12F2N2O3/c1-6(17)16-5-11(18)12(19)8-3-10(14)9(13)2-7(8)4-15/h2-3,11-12,18-19H,5H2,1H3,(H,16,17). The van der Waals surface area contributed by atoms with E-state index < -0.39 is 29.7 Å². The number of nitrogens with one attached hydrogen (secondary N) is 1. The second kappa shape index (κ2) is 6.22. The number of nitrogens with zero attached hydrogens (tertiary/aromatic N) is 1. The number of aliphatic hydroxyl groups excluding tert-OH is 2. The molecule has 0 aliphatic carbocycles. The Hall–Kier alpha value is -2.04. The lowest BCUT2D eigenvalue weighted by molar-refractivity contribution is -0.119. The van der Waals surface area contributed by atoms with Crippen LogP contribution in [0.1, 0.15) is 24.2 Å². The van der Waals surface area contributed by atoms with Crippen LogP contribution >= 0.6 is 0 Å². The summed E-state index contributed by atoms with van der Waals surface area (Å²) in [6, 6.07) is 2.89. The molecule has 2 atom stereocenters. The highest BCUT2D eigenvalue weighted by Gasteiger charge is 2.23. The lowest BCUT2D eigenvalue weighted by Gasteiger charge is -2.19. The van der Waals surface area contributed by atoms with E-state index in [0.29, 0.717) is 12.1 Å². The number of carbonyl (C=O) groups excluding carboxylic acids is 1. The van der Waals surface area contributed by atoms with Crippen molar-refractivity contribution in [3.8, 4) is 6.07 Å². The molecule has 19 heavy (non-hydrogen) atoms. The van der Waals surface area contributed by atoms with Crippen molar-refractivity contribution in [1.82, 2.24) is 5.32 Å². The van der Waals surface area contributed by atoms with E-state index in [-0.39, 0.29) is 17.7 Å². The number of rotatable bonds is 4. The van der Waals surface area contributed by atoms with E-state index in [1.165, 1.54) is 6.92 Å². The summed E-state index contributed by atoms with van der Waals surface area (Å²) in [5.74, 6) is -2.87. The molecule has 0 aliphatic heterocycles. The van der Waals surface area contributed by atoms with Crippen LogP contribution in [0.5, 0.6) is 0 Å². The summed E-state index contributed by atoms with van der Waals surface area (Å²) >= 11 is 0. The summed E-state index contributed by atoms with van der Waals surface area (Å²) in [5.41, 5.74) is -0.521. The van der Waals surface area contributed by atoms with E-state index in [2.05, 4.69) is 5.32 Å². The highest BCUT2D eigenvalue weighted by molar-refractivity contribution is 5.72. The summed E-state index contributed by atoms with van der Waals surface area (Å²) in [4.78, 5) is 10.7. The normalized spacial score (nSPS) is 13.5. The van der Waals surface area contributed by atoms with Crippen molar-refractivity contribution < 1.29 is 23.8 Å². The van der Waals surface area contributed by atoms with Crippen molar-refractivity contribution in [2.24, 2.45) is 0 Å². The number of nitriles is 1. The Bertz CT molecular complexity index is 528. The number of benzene rings is 1. The highest BCUT2D eigenvalue weighted by Crippen LogP contribution is 2.23. The van der Waals surface area contributed by atoms with Gasteiger partial charge in [-0.15, -0.1) is 0 Å². The van der Waals surface area contributed by atoms with Crippen LogP contribution in [0.25, 0.3) is 0 Å². The quantitative estimate of drug-likeness (QED) is 0.736. The molecule has 0 heterocycles. The fraction of sp³-hybridized carbons (Fsp3) is 0.333. The van der Waals surface area contributed by atoms with Crippen LogP contribution in [-0.2, 0) is 4.79 Å². The fourth-order valence-corrected chi connectivity index (χ4v) is 1.47. The molecule has 1 aromatic carbocycles. The van der Waals surface area contributed by atoms with Gasteiger partial charge in [0.05, 0.1) is 11.6 Å². The maximum Gasteiger partial charge on any atom is 0.216 e. The van der Waals surface area contributed by atoms with E-state index in [1.54, 1.807) is 6.07 Å². The van der Waals surface area contributed by atoms with Crippen molar-refractivity contribution >= 4 is 5.91 Å². The molecule has 0 saturated carbocycles. The molecule has 0 aromatic heterocycles. The zero-order chi connectivity index (χ0) is 14.6. The van der Waals surface area contributed by atoms with Crippen molar-refractivity contribution in [1.29, 1.82) is 5.26 Å². The van der Waals surface area contributed by atoms with E-state index in [9.17, 15) is 23.8 Å². The predicted molar refractivity (Wildman–Crippen MR) is 60.7 cm³/mol. The van der Waals surface area contributed by atoms with Crippen LogP contribution in [0.3, 0.4) is 0 Å². The first-order chi connectivity index (χ1) is 8.86. The van der Waals surface area contributed by atoms with E-state index in [1.807, 2.05) is 0 Å². The van der Waals surface area contributed by atoms with Gasteiger partial charge in [-0.1, -0.05) is 0 Å². The van der Waals surface area contributed by atoms with E-state index in [4.69, 9.17) is 5.26 Å². The summed E-state index contributed by atoms with van der Waals surface area (Å²) in [5, 5.41) is 30.4. The van der Waals surface area contributed by atoms with Gasteiger partial charge in [-0.2, -0.15) is 5.26 Å². The molecule has 0 saturated heterocycles. The van der Waals surface area contributed by atoms with Crippen LogP contribution in [-0.4, -0.2) is 28.8 Å². The molecule has 1 amide bonds. The Morgan fingerprint density at radius 3 is 2.53 bits per heavy atom. The second-order valence-electron chi connectivity index (χ2n) is 3.91. The van der Waals surface area contributed by atoms with Crippen LogP contribution in [0.15, 0.2) is 12.1 Å². The number of aliphatic hydroxyl groups is 2. The number of hydrogen-bond donors (Lipinski definition) is 3. The molecule has 0 bridgehead atoms. The molecule has 3 N–H and O–H groups in total. The first-order valence-electron chi connectivity index (χ1n) is 5.36. The minimum absolute atomic E-state index is 0.237. The molecule has 0 spiro atoms. The molecule has 0 radical (unpaired) electrons. The van der Waals surface area contributed by atoms with Crippen molar-refractivity contribution in [2.45, 2.75) is 19.1 Å². The highest BCUT2D eigenvalue weighted by atomic mass is 19.2. The number of halogens is 2. The molecule has 2 unspecified atom stereocenters. The van der Waals surface area contributed by atoms with Gasteiger partial charge in [-0.25, -0.2) is 8.78 Å². The molecular weight excluding hydrogens is 258 g/mol. The summed E-state index contributed by atoms with van der Waals surface area (Å²) in [6.07, 6.45) is -3.06. The Balaban J connectivity index is 2.98. The average molecular weight is 270 g/mol. The third kappa shape index (κ3) is 3.71. The summed E-state index contributed by atoms with van der Waals surface area (Å²) < 4.78 is 26.0. The molecule has 7 heteroatoms. The average Bonchev–Trinajstić information content (AvgIpc) is 2.37. The third-order valence-corrected chi connectivity index (χ3v) is 2.46. The number of carbonyl (C=O) groups is 1. The van der Waals surface area contributed by atoms with Gasteiger partial charge < -0.3 is 15.5 Å². The smallest absolute Gasteiger partial charge is 0.216 e. The Morgan fingerprint density at radius 1 is 1.42 bits per heavy atom. The maximum absolute atomic E-state index is 13.1. The Morgan fingerprint density at radius 2 is 2.00 bits per heavy atom. The van der Waals surface area contributed by atoms with Crippen LogP contribution < -0.4 is 5.32 Å². The van der Waals surface area contributed by atoms with E-state index in [0.717, 1.165) is 0 Å². The van der Waals surface area contributed by atoms with Gasteiger partial charge in [0, 0.05) is 19.0 Å². The van der Waals surface area contributed by atoms with Gasteiger partial charge in [0.15, 0.2) is 11.6 Å². The molecular formula is C12H12F2N2O3. The topological polar surface area (TPSA) is 93.3 Å². The van der Waals surface area contributed by atoms with Gasteiger partial charge in [0.2, 0.25) is 5.91 Å². The van der Waals surface area contributed by atoms with Crippen molar-refractivity contribution in [3.05, 3.63) is 34.9 Å². The van der Waals surface area contributed by atoms with Gasteiger partial charge in [0.25, 0.3) is 0 Å². The SMILES string of the molecule is CC(=O)NCC(O)C(O)c1cc(F)c(F)cc1C#N. The molecule has 0 fully saturated rings. The molecule has 5 nitrogen and oxygen atoms in total. The zero-order valence-corrected chi connectivity index (χ0v) is 10.0. The van der Waals surface area contributed by atoms with Gasteiger partial charge in [-0.05, 0) is 12.1 Å². The predicted octanol–water partition coefficient (Wildman–Crippen LogP) is 0.367. The maximum atomic E-state index is 13.1. The molecule has 1 aromatic rings. The monoisotopic (exact) mass is 270 g/mol. The Labute approximate surface area is 108 Å². The van der Waals surface area contributed by atoms with Crippen LogP contribution in [0.4, 0.5) is 8.78 Å². The largest absolute Gasteiger partial charge is 0.388 e. The first-order valence-corrected chi connectivity index (χ1v) is 5.36. The zero-order valence-electron chi connectivity index (χ0n) is 10.0. The van der Waals surface area contributed by atoms with Crippen molar-refractivity contribution in [2.75, 3.05) is 6.54 Å². The first kappa shape index (κ1) is 15.0. The lowest BCUT2D eigenvalue weighted by Crippen LogP contribution is -2.34. The fourth-order valence-electron chi connectivity index (χ4n) is 1.47. The summed E-state index contributed by atoms with van der Waals surface area (Å²) in [7, 11) is 0. The minimum Gasteiger partial charge on any atom is -0.388 e. The van der Waals surface area contributed by atoms with Gasteiger partial charge in [-0.3, -0.25) is 4.79 Å². The number of hydrogen-bond acceptors (Lipinski definition) is 4. The third-order valence-electron chi connectivity index (χ3n) is 2.46. The minimum atomic E-state index is -1.61. The van der Waals surface area contributed by atoms with Gasteiger partial charge >= 0.3 is 0 Å². The molecule has 1 rings (SSSR count). The van der Waals surface area contributed by atoms with Gasteiger partial charge in [0.1, 0.15) is 12.2 Å². The summed E-state index contributed by atoms with van der Waals surface area (Å²) in [6.45, 7) is 0.942. The molecule has 0 aliphatic rings. The van der Waals surface area contributed by atoms with Crippen molar-refractivity contribution in [3.63, 3.8) is 0 Å². The molecule has 102 valence electrons. The van der Waals surface area contributed by atoms with Crippen LogP contribution in [0, 0.1) is 23.0 Å². The number of amides is 1. The lowest BCUT2D eigenvalue weighted by atomic mass is 9.98.